The van der Waals surface area contributed by atoms with Crippen LogP contribution in [-0.4, -0.2) is 6.04 Å². The molecule has 1 aliphatic carbocycles. The highest BCUT2D eigenvalue weighted by Gasteiger charge is 2.21. The zero-order valence-corrected chi connectivity index (χ0v) is 11.5. The third kappa shape index (κ3) is 3.61. The number of halogens is 2. The molecular formula is C14H19Cl2N. The summed E-state index contributed by atoms with van der Waals surface area (Å²) in [4.78, 5) is 0. The molecule has 3 heteroatoms. The number of hydrogen-bond donors (Lipinski definition) is 1. The minimum atomic E-state index is 0.231. The van der Waals surface area contributed by atoms with Gasteiger partial charge in [0.2, 0.25) is 0 Å². The van der Waals surface area contributed by atoms with Crippen LogP contribution in [-0.2, 0) is 6.42 Å². The van der Waals surface area contributed by atoms with Crippen LogP contribution in [0.5, 0.6) is 0 Å². The van der Waals surface area contributed by atoms with Gasteiger partial charge in [0.25, 0.3) is 0 Å². The van der Waals surface area contributed by atoms with Gasteiger partial charge in [-0.15, -0.1) is 0 Å². The van der Waals surface area contributed by atoms with Crippen molar-refractivity contribution in [2.75, 3.05) is 0 Å². The van der Waals surface area contributed by atoms with E-state index in [4.69, 9.17) is 28.9 Å². The SMILES string of the molecule is NC(Cc1ccc(Cl)cc1Cl)C1CCCCC1. The summed E-state index contributed by atoms with van der Waals surface area (Å²) < 4.78 is 0. The van der Waals surface area contributed by atoms with Crippen LogP contribution >= 0.6 is 23.2 Å². The fourth-order valence-corrected chi connectivity index (χ4v) is 3.16. The molecule has 1 saturated carbocycles. The van der Waals surface area contributed by atoms with Gasteiger partial charge in [-0.25, -0.2) is 0 Å². The van der Waals surface area contributed by atoms with Gasteiger partial charge < -0.3 is 5.73 Å². The van der Waals surface area contributed by atoms with E-state index in [1.165, 1.54) is 32.1 Å². The molecule has 0 amide bonds. The van der Waals surface area contributed by atoms with Crippen molar-refractivity contribution in [3.8, 4) is 0 Å². The van der Waals surface area contributed by atoms with Crippen molar-refractivity contribution >= 4 is 23.2 Å². The Bertz CT molecular complexity index is 372. The average molecular weight is 272 g/mol. The van der Waals surface area contributed by atoms with E-state index in [-0.39, 0.29) is 6.04 Å². The summed E-state index contributed by atoms with van der Waals surface area (Å²) in [5, 5.41) is 1.42. The molecular weight excluding hydrogens is 253 g/mol. The van der Waals surface area contributed by atoms with Crippen molar-refractivity contribution in [1.29, 1.82) is 0 Å². The highest BCUT2D eigenvalue weighted by Crippen LogP contribution is 2.29. The quantitative estimate of drug-likeness (QED) is 0.864. The molecule has 1 aliphatic rings. The van der Waals surface area contributed by atoms with Crippen molar-refractivity contribution in [3.05, 3.63) is 33.8 Å². The lowest BCUT2D eigenvalue weighted by atomic mass is 9.82. The van der Waals surface area contributed by atoms with Crippen LogP contribution < -0.4 is 5.73 Å². The van der Waals surface area contributed by atoms with Gasteiger partial charge in [-0.05, 0) is 42.9 Å². The van der Waals surface area contributed by atoms with Gasteiger partial charge in [0.05, 0.1) is 0 Å². The first-order chi connectivity index (χ1) is 8.16. The molecule has 17 heavy (non-hydrogen) atoms. The van der Waals surface area contributed by atoms with Crippen LogP contribution in [0.15, 0.2) is 18.2 Å². The van der Waals surface area contributed by atoms with E-state index in [0.717, 1.165) is 17.0 Å². The van der Waals surface area contributed by atoms with E-state index in [0.29, 0.717) is 10.9 Å². The standard InChI is InChI=1S/C14H19Cl2N/c15-12-7-6-11(13(16)9-12)8-14(17)10-4-2-1-3-5-10/h6-7,9-10,14H,1-5,8,17H2. The second-order valence-electron chi connectivity index (χ2n) is 5.00. The highest BCUT2D eigenvalue weighted by atomic mass is 35.5. The molecule has 1 nitrogen and oxygen atoms in total. The van der Waals surface area contributed by atoms with Crippen LogP contribution in [0.2, 0.25) is 10.0 Å². The minimum Gasteiger partial charge on any atom is -0.327 e. The smallest absolute Gasteiger partial charge is 0.0453 e. The van der Waals surface area contributed by atoms with Gasteiger partial charge >= 0.3 is 0 Å². The van der Waals surface area contributed by atoms with E-state index in [2.05, 4.69) is 0 Å². The number of rotatable bonds is 3. The second-order valence-corrected chi connectivity index (χ2v) is 5.85. The minimum absolute atomic E-state index is 0.231. The average Bonchev–Trinajstić information content (AvgIpc) is 2.34. The Kier molecular flexibility index (Phi) is 4.72. The molecule has 0 spiro atoms. The summed E-state index contributed by atoms with van der Waals surface area (Å²) in [7, 11) is 0. The number of nitrogens with two attached hydrogens (primary N) is 1. The first-order valence-corrected chi connectivity index (χ1v) is 7.12. The van der Waals surface area contributed by atoms with Gasteiger partial charge in [0, 0.05) is 16.1 Å². The molecule has 0 bridgehead atoms. The first kappa shape index (κ1) is 13.2. The van der Waals surface area contributed by atoms with E-state index in [9.17, 15) is 0 Å². The molecule has 1 aromatic carbocycles. The Morgan fingerprint density at radius 2 is 1.88 bits per heavy atom. The molecule has 0 radical (unpaired) electrons. The summed E-state index contributed by atoms with van der Waals surface area (Å²) in [5.74, 6) is 0.662. The molecule has 1 fully saturated rings. The Hall–Kier alpha value is -0.240. The first-order valence-electron chi connectivity index (χ1n) is 6.36. The van der Waals surface area contributed by atoms with E-state index < -0.39 is 0 Å². The molecule has 0 aliphatic heterocycles. The summed E-state index contributed by atoms with van der Waals surface area (Å²) >= 11 is 12.1. The number of hydrogen-bond acceptors (Lipinski definition) is 1. The van der Waals surface area contributed by atoms with E-state index in [1.54, 1.807) is 6.07 Å². The molecule has 94 valence electrons. The van der Waals surface area contributed by atoms with E-state index in [1.807, 2.05) is 12.1 Å². The van der Waals surface area contributed by atoms with Gasteiger partial charge in [-0.3, -0.25) is 0 Å². The fraction of sp³-hybridized carbons (Fsp3) is 0.571. The lowest BCUT2D eigenvalue weighted by Crippen LogP contribution is -2.33. The molecule has 1 aromatic rings. The van der Waals surface area contributed by atoms with Crippen molar-refractivity contribution < 1.29 is 0 Å². The molecule has 0 saturated heterocycles. The summed E-state index contributed by atoms with van der Waals surface area (Å²) in [6.45, 7) is 0. The summed E-state index contributed by atoms with van der Waals surface area (Å²) in [6.07, 6.45) is 7.42. The molecule has 2 N–H and O–H groups in total. The number of benzene rings is 1. The maximum absolute atomic E-state index is 6.30. The molecule has 1 atom stereocenters. The van der Waals surface area contributed by atoms with Crippen molar-refractivity contribution in [2.24, 2.45) is 11.7 Å². The normalized spacial score (nSPS) is 19.2. The summed E-state index contributed by atoms with van der Waals surface area (Å²) in [6, 6.07) is 5.91. The maximum Gasteiger partial charge on any atom is 0.0453 e. The predicted octanol–water partition coefficient (Wildman–Crippen LogP) is 4.44. The molecule has 2 rings (SSSR count). The van der Waals surface area contributed by atoms with Crippen LogP contribution in [0.3, 0.4) is 0 Å². The maximum atomic E-state index is 6.30. The Balaban J connectivity index is 1.99. The predicted molar refractivity (Wildman–Crippen MR) is 74.7 cm³/mol. The van der Waals surface area contributed by atoms with Gasteiger partial charge in [-0.2, -0.15) is 0 Å². The van der Waals surface area contributed by atoms with Crippen LogP contribution in [0.1, 0.15) is 37.7 Å². The fourth-order valence-electron chi connectivity index (χ4n) is 2.67. The zero-order chi connectivity index (χ0) is 12.3. The molecule has 0 heterocycles. The molecule has 0 aromatic heterocycles. The lowest BCUT2D eigenvalue weighted by Gasteiger charge is -2.27. The third-order valence-corrected chi connectivity index (χ3v) is 4.31. The van der Waals surface area contributed by atoms with Crippen molar-refractivity contribution in [1.82, 2.24) is 0 Å². The van der Waals surface area contributed by atoms with Crippen molar-refractivity contribution in [2.45, 2.75) is 44.6 Å². The van der Waals surface area contributed by atoms with E-state index >= 15 is 0 Å². The molecule has 1 unspecified atom stereocenters. The van der Waals surface area contributed by atoms with Crippen LogP contribution in [0, 0.1) is 5.92 Å². The van der Waals surface area contributed by atoms with Gasteiger partial charge in [0.1, 0.15) is 0 Å². The van der Waals surface area contributed by atoms with Gasteiger partial charge in [-0.1, -0.05) is 48.5 Å². The Morgan fingerprint density at radius 1 is 1.18 bits per heavy atom. The Morgan fingerprint density at radius 3 is 2.53 bits per heavy atom. The Labute approximate surface area is 113 Å². The topological polar surface area (TPSA) is 26.0 Å². The third-order valence-electron chi connectivity index (χ3n) is 3.73. The summed E-state index contributed by atoms with van der Waals surface area (Å²) in [5.41, 5.74) is 7.42. The largest absolute Gasteiger partial charge is 0.327 e. The zero-order valence-electron chi connectivity index (χ0n) is 9.96. The van der Waals surface area contributed by atoms with Crippen molar-refractivity contribution in [3.63, 3.8) is 0 Å². The van der Waals surface area contributed by atoms with Crippen LogP contribution in [0.25, 0.3) is 0 Å². The van der Waals surface area contributed by atoms with Gasteiger partial charge in [0.15, 0.2) is 0 Å². The monoisotopic (exact) mass is 271 g/mol. The highest BCUT2D eigenvalue weighted by molar-refractivity contribution is 6.35. The van der Waals surface area contributed by atoms with Crippen LogP contribution in [0.4, 0.5) is 0 Å². The lowest BCUT2D eigenvalue weighted by molar-refractivity contribution is 0.303. The second kappa shape index (κ2) is 6.08.